The molecule has 0 atom stereocenters. The molecule has 0 radical (unpaired) electrons. The first kappa shape index (κ1) is 13.6. The van der Waals surface area contributed by atoms with Gasteiger partial charge in [0.2, 0.25) is 5.91 Å². The van der Waals surface area contributed by atoms with Crippen LogP contribution in [-0.4, -0.2) is 15.7 Å². The minimum atomic E-state index is -0.469. The average Bonchev–Trinajstić information content (AvgIpc) is 2.81. The van der Waals surface area contributed by atoms with E-state index in [0.29, 0.717) is 16.4 Å². The third-order valence-electron chi connectivity index (χ3n) is 2.65. The molecule has 1 heterocycles. The van der Waals surface area contributed by atoms with Crippen LogP contribution in [0.5, 0.6) is 0 Å². The van der Waals surface area contributed by atoms with Crippen LogP contribution >= 0.6 is 11.6 Å². The van der Waals surface area contributed by atoms with Crippen LogP contribution in [0.15, 0.2) is 36.7 Å². The molecule has 100 valence electrons. The van der Waals surface area contributed by atoms with Crippen molar-refractivity contribution in [3.8, 4) is 5.69 Å². The molecule has 0 saturated heterocycles. The molecule has 1 amide bonds. The van der Waals surface area contributed by atoms with Crippen LogP contribution in [-0.2, 0) is 4.79 Å². The number of anilines is 1. The molecule has 1 aromatic carbocycles. The summed E-state index contributed by atoms with van der Waals surface area (Å²) in [5.41, 5.74) is 0.854. The number of nitrogens with one attached hydrogen (secondary N) is 1. The van der Waals surface area contributed by atoms with Crippen LogP contribution < -0.4 is 5.32 Å². The number of carbonyl (C=O) groups is 1. The summed E-state index contributed by atoms with van der Waals surface area (Å²) >= 11 is 6.21. The molecule has 19 heavy (non-hydrogen) atoms. The van der Waals surface area contributed by atoms with Gasteiger partial charge in [-0.25, -0.2) is 4.68 Å². The first-order chi connectivity index (χ1) is 8.89. The van der Waals surface area contributed by atoms with Gasteiger partial charge in [-0.05, 0) is 18.2 Å². The average molecular weight is 278 g/mol. The lowest BCUT2D eigenvalue weighted by molar-refractivity contribution is -0.123. The maximum Gasteiger partial charge on any atom is 0.229 e. The minimum absolute atomic E-state index is 0.0665. The molecule has 2 aromatic rings. The molecular formula is C14H16ClN3O. The normalized spacial score (nSPS) is 11.4. The van der Waals surface area contributed by atoms with E-state index in [-0.39, 0.29) is 5.91 Å². The molecule has 1 aromatic heterocycles. The Bertz CT molecular complexity index is 585. The van der Waals surface area contributed by atoms with Crippen molar-refractivity contribution in [2.24, 2.45) is 5.41 Å². The van der Waals surface area contributed by atoms with E-state index in [1.807, 2.05) is 26.8 Å². The minimum Gasteiger partial charge on any atom is -0.324 e. The van der Waals surface area contributed by atoms with Crippen LogP contribution in [0, 0.1) is 5.41 Å². The van der Waals surface area contributed by atoms with Crippen LogP contribution in [0.1, 0.15) is 20.8 Å². The smallest absolute Gasteiger partial charge is 0.229 e. The topological polar surface area (TPSA) is 46.9 Å². The van der Waals surface area contributed by atoms with Gasteiger partial charge in [0.05, 0.1) is 10.7 Å². The Morgan fingerprint density at radius 3 is 2.63 bits per heavy atom. The number of hydrogen-bond donors (Lipinski definition) is 1. The number of nitrogens with zero attached hydrogens (tertiary/aromatic N) is 2. The van der Waals surface area contributed by atoms with E-state index in [9.17, 15) is 4.79 Å². The molecule has 0 aliphatic rings. The molecule has 5 heteroatoms. The van der Waals surface area contributed by atoms with Crippen molar-refractivity contribution in [2.75, 3.05) is 5.32 Å². The fourth-order valence-corrected chi connectivity index (χ4v) is 1.82. The number of hydrogen-bond acceptors (Lipinski definition) is 2. The van der Waals surface area contributed by atoms with Gasteiger partial charge in [0.25, 0.3) is 0 Å². The number of para-hydroxylation sites is 1. The molecule has 0 aliphatic heterocycles. The number of halogens is 1. The van der Waals surface area contributed by atoms with Crippen LogP contribution in [0.2, 0.25) is 5.02 Å². The lowest BCUT2D eigenvalue weighted by Crippen LogP contribution is -2.28. The van der Waals surface area contributed by atoms with Crippen molar-refractivity contribution in [3.05, 3.63) is 41.7 Å². The highest BCUT2D eigenvalue weighted by Gasteiger charge is 2.22. The molecule has 0 aliphatic carbocycles. The van der Waals surface area contributed by atoms with E-state index < -0.39 is 5.41 Å². The third kappa shape index (κ3) is 2.96. The Balaban J connectivity index is 2.42. The van der Waals surface area contributed by atoms with Crippen molar-refractivity contribution in [3.63, 3.8) is 0 Å². The zero-order valence-electron chi connectivity index (χ0n) is 11.1. The monoisotopic (exact) mass is 277 g/mol. The quantitative estimate of drug-likeness (QED) is 0.913. The van der Waals surface area contributed by atoms with Gasteiger partial charge in [0.15, 0.2) is 0 Å². The van der Waals surface area contributed by atoms with Gasteiger partial charge in [-0.2, -0.15) is 5.10 Å². The second-order valence-corrected chi connectivity index (χ2v) is 5.70. The maximum atomic E-state index is 12.1. The Labute approximate surface area is 117 Å². The van der Waals surface area contributed by atoms with Crippen LogP contribution in [0.25, 0.3) is 5.69 Å². The van der Waals surface area contributed by atoms with Crippen molar-refractivity contribution in [1.29, 1.82) is 0 Å². The molecule has 0 saturated carbocycles. The van der Waals surface area contributed by atoms with Crippen molar-refractivity contribution < 1.29 is 4.79 Å². The van der Waals surface area contributed by atoms with Gasteiger partial charge in [-0.3, -0.25) is 4.79 Å². The summed E-state index contributed by atoms with van der Waals surface area (Å²) in [7, 11) is 0. The fraction of sp³-hybridized carbons (Fsp3) is 0.286. The predicted octanol–water partition coefficient (Wildman–Crippen LogP) is 3.51. The van der Waals surface area contributed by atoms with Crippen molar-refractivity contribution in [2.45, 2.75) is 20.8 Å². The van der Waals surface area contributed by atoms with Gasteiger partial charge >= 0.3 is 0 Å². The number of benzene rings is 1. The van der Waals surface area contributed by atoms with E-state index in [4.69, 9.17) is 11.6 Å². The summed E-state index contributed by atoms with van der Waals surface area (Å²) in [6, 6.07) is 7.18. The highest BCUT2D eigenvalue weighted by molar-refractivity contribution is 6.33. The Kier molecular flexibility index (Phi) is 3.62. The molecule has 0 unspecified atom stereocenters. The van der Waals surface area contributed by atoms with Gasteiger partial charge < -0.3 is 5.32 Å². The Hall–Kier alpha value is -1.81. The molecule has 0 fully saturated rings. The lowest BCUT2D eigenvalue weighted by atomic mass is 9.95. The van der Waals surface area contributed by atoms with Gasteiger partial charge in [0, 0.05) is 17.8 Å². The summed E-state index contributed by atoms with van der Waals surface area (Å²) in [5, 5.41) is 7.59. The van der Waals surface area contributed by atoms with Crippen LogP contribution in [0.3, 0.4) is 0 Å². The summed E-state index contributed by atoms with van der Waals surface area (Å²) in [6.07, 6.45) is 3.45. The molecule has 0 spiro atoms. The molecular weight excluding hydrogens is 262 g/mol. The van der Waals surface area contributed by atoms with Gasteiger partial charge in [-0.1, -0.05) is 38.4 Å². The van der Waals surface area contributed by atoms with Crippen LogP contribution in [0.4, 0.5) is 5.69 Å². The number of carbonyl (C=O) groups excluding carboxylic acids is 1. The zero-order valence-corrected chi connectivity index (χ0v) is 11.9. The largest absolute Gasteiger partial charge is 0.324 e. The number of aromatic nitrogens is 2. The predicted molar refractivity (Wildman–Crippen MR) is 76.7 cm³/mol. The maximum absolute atomic E-state index is 12.1. The second kappa shape index (κ2) is 5.05. The number of rotatable bonds is 2. The molecule has 0 bridgehead atoms. The van der Waals surface area contributed by atoms with Gasteiger partial charge in [0.1, 0.15) is 5.69 Å². The summed E-state index contributed by atoms with van der Waals surface area (Å²) < 4.78 is 1.64. The van der Waals surface area contributed by atoms with E-state index in [0.717, 1.165) is 0 Å². The number of amides is 1. The third-order valence-corrected chi connectivity index (χ3v) is 2.95. The first-order valence-corrected chi connectivity index (χ1v) is 6.37. The van der Waals surface area contributed by atoms with Crippen molar-refractivity contribution in [1.82, 2.24) is 9.78 Å². The fourth-order valence-electron chi connectivity index (χ4n) is 1.56. The zero-order chi connectivity index (χ0) is 14.0. The van der Waals surface area contributed by atoms with Crippen molar-refractivity contribution >= 4 is 23.2 Å². The SMILES string of the molecule is CC(C)(C)C(=O)Nc1cccc(Cl)c1-n1cccn1. The first-order valence-electron chi connectivity index (χ1n) is 5.99. The molecule has 2 rings (SSSR count). The molecule has 1 N–H and O–H groups in total. The van der Waals surface area contributed by atoms with Gasteiger partial charge in [-0.15, -0.1) is 0 Å². The second-order valence-electron chi connectivity index (χ2n) is 5.29. The highest BCUT2D eigenvalue weighted by Crippen LogP contribution is 2.29. The van der Waals surface area contributed by atoms with E-state index >= 15 is 0 Å². The summed E-state index contributed by atoms with van der Waals surface area (Å²) in [6.45, 7) is 5.58. The summed E-state index contributed by atoms with van der Waals surface area (Å²) in [5.74, 6) is -0.0665. The highest BCUT2D eigenvalue weighted by atomic mass is 35.5. The Morgan fingerprint density at radius 1 is 1.32 bits per heavy atom. The summed E-state index contributed by atoms with van der Waals surface area (Å²) in [4.78, 5) is 12.1. The van der Waals surface area contributed by atoms with E-state index in [1.165, 1.54) is 0 Å². The molecule has 4 nitrogen and oxygen atoms in total. The van der Waals surface area contributed by atoms with E-state index in [2.05, 4.69) is 10.4 Å². The standard InChI is InChI=1S/C14H16ClN3O/c1-14(2,3)13(19)17-11-7-4-6-10(15)12(11)18-9-5-8-16-18/h4-9H,1-3H3,(H,17,19). The Morgan fingerprint density at radius 2 is 2.05 bits per heavy atom. The van der Waals surface area contributed by atoms with E-state index in [1.54, 1.807) is 35.3 Å². The lowest BCUT2D eigenvalue weighted by Gasteiger charge is -2.19.